The lowest BCUT2D eigenvalue weighted by molar-refractivity contribution is -0.274. The van der Waals surface area contributed by atoms with E-state index in [1.807, 2.05) is 0 Å². The maximum absolute atomic E-state index is 15.2. The minimum Gasteiger partial charge on any atom is -0.405 e. The Bertz CT molecular complexity index is 2050. The van der Waals surface area contributed by atoms with Crippen LogP contribution >= 0.6 is 0 Å². The van der Waals surface area contributed by atoms with Crippen LogP contribution in [0.2, 0.25) is 0 Å². The number of urea groups is 1. The SMILES string of the molecule is Cc1c(-c2ccc(C(=O)N3CCC(N(C)C(=O)N4CCC(c5ccc(NC6CCC(=O)NC6=O)cc5F)CC4)CC3)c(OC(F)(F)F)c2)cn(C)c(=O)c1C. The van der Waals surface area contributed by atoms with Crippen LogP contribution in [0, 0.1) is 19.7 Å². The van der Waals surface area contributed by atoms with Crippen molar-refractivity contribution in [1.29, 1.82) is 0 Å². The Balaban J connectivity index is 1.04. The Kier molecular flexibility index (Phi) is 11.3. The first-order valence-electron chi connectivity index (χ1n) is 18.3. The number of hydrogen-bond donors (Lipinski definition) is 2. The summed E-state index contributed by atoms with van der Waals surface area (Å²) in [5.74, 6) is -2.56. The maximum Gasteiger partial charge on any atom is 0.573 e. The first-order valence-corrected chi connectivity index (χ1v) is 18.3. The van der Waals surface area contributed by atoms with Crippen LogP contribution in [0.15, 0.2) is 47.4 Å². The third-order valence-electron chi connectivity index (χ3n) is 11.1. The zero-order valence-electron chi connectivity index (χ0n) is 31.1. The monoisotopic (exact) mass is 768 g/mol. The quantitative estimate of drug-likeness (QED) is 0.241. The molecule has 4 heterocycles. The second-order valence-electron chi connectivity index (χ2n) is 14.5. The number of benzene rings is 2. The molecular formula is C39H44F4N6O6. The van der Waals surface area contributed by atoms with Crippen LogP contribution in [0.25, 0.3) is 11.1 Å². The summed E-state index contributed by atoms with van der Waals surface area (Å²) in [6.45, 7) is 4.60. The third kappa shape index (κ3) is 8.62. The first-order chi connectivity index (χ1) is 26.0. The molecule has 2 N–H and O–H groups in total. The zero-order chi connectivity index (χ0) is 39.8. The maximum atomic E-state index is 15.2. The number of aryl methyl sites for hydroxylation is 1. The number of nitrogens with one attached hydrogen (secondary N) is 2. The molecule has 3 fully saturated rings. The van der Waals surface area contributed by atoms with Gasteiger partial charge in [0.25, 0.3) is 11.5 Å². The second kappa shape index (κ2) is 15.7. The van der Waals surface area contributed by atoms with E-state index in [0.29, 0.717) is 78.7 Å². The van der Waals surface area contributed by atoms with Crippen molar-refractivity contribution in [1.82, 2.24) is 24.6 Å². The summed E-state index contributed by atoms with van der Waals surface area (Å²) in [5.41, 5.74) is 2.45. The number of alkyl halides is 3. The fraction of sp³-hybridized carbons (Fsp3) is 0.462. The number of imide groups is 1. The molecule has 0 aliphatic carbocycles. The van der Waals surface area contributed by atoms with Crippen molar-refractivity contribution in [2.24, 2.45) is 7.05 Å². The summed E-state index contributed by atoms with van der Waals surface area (Å²) in [6, 6.07) is 7.74. The Morgan fingerprint density at radius 3 is 2.22 bits per heavy atom. The fourth-order valence-corrected chi connectivity index (χ4v) is 7.71. The summed E-state index contributed by atoms with van der Waals surface area (Å²) in [7, 11) is 3.25. The van der Waals surface area contributed by atoms with Crippen LogP contribution in [0.3, 0.4) is 0 Å². The lowest BCUT2D eigenvalue weighted by atomic mass is 9.89. The Labute approximate surface area is 315 Å². The van der Waals surface area contributed by atoms with Gasteiger partial charge in [0.15, 0.2) is 0 Å². The number of hydrogen-bond acceptors (Lipinski definition) is 7. The molecule has 12 nitrogen and oxygen atoms in total. The van der Waals surface area contributed by atoms with Gasteiger partial charge >= 0.3 is 12.4 Å². The lowest BCUT2D eigenvalue weighted by Gasteiger charge is -2.40. The molecule has 3 aliphatic rings. The van der Waals surface area contributed by atoms with Gasteiger partial charge < -0.3 is 29.3 Å². The molecule has 5 amide bonds. The van der Waals surface area contributed by atoms with Crippen LogP contribution in [-0.4, -0.2) is 94.7 Å². The molecule has 2 aromatic carbocycles. The number of likely N-dealkylation sites (tertiary alicyclic amines) is 2. The number of anilines is 1. The normalized spacial score (nSPS) is 18.6. The molecule has 3 saturated heterocycles. The summed E-state index contributed by atoms with van der Waals surface area (Å²) < 4.78 is 61.6. The van der Waals surface area contributed by atoms with Gasteiger partial charge in [0.1, 0.15) is 17.6 Å². The molecule has 3 aromatic rings. The number of pyridine rings is 1. The van der Waals surface area contributed by atoms with Crippen molar-refractivity contribution in [2.75, 3.05) is 38.5 Å². The number of piperidine rings is 3. The van der Waals surface area contributed by atoms with E-state index in [-0.39, 0.29) is 54.5 Å². The molecular weight excluding hydrogens is 724 g/mol. The van der Waals surface area contributed by atoms with Gasteiger partial charge in [0, 0.05) is 75.7 Å². The van der Waals surface area contributed by atoms with Gasteiger partial charge in [0.05, 0.1) is 5.56 Å². The summed E-state index contributed by atoms with van der Waals surface area (Å²) in [6.07, 6.45) is -1.06. The summed E-state index contributed by atoms with van der Waals surface area (Å²) in [5, 5.41) is 5.26. The predicted molar refractivity (Wildman–Crippen MR) is 195 cm³/mol. The van der Waals surface area contributed by atoms with Gasteiger partial charge in [-0.25, -0.2) is 9.18 Å². The lowest BCUT2D eigenvalue weighted by Crippen LogP contribution is -2.52. The van der Waals surface area contributed by atoms with E-state index in [9.17, 15) is 37.1 Å². The van der Waals surface area contributed by atoms with Crippen molar-refractivity contribution in [2.45, 2.75) is 76.7 Å². The summed E-state index contributed by atoms with van der Waals surface area (Å²) in [4.78, 5) is 67.8. The van der Waals surface area contributed by atoms with Crippen LogP contribution in [-0.2, 0) is 16.6 Å². The van der Waals surface area contributed by atoms with Crippen molar-refractivity contribution in [3.63, 3.8) is 0 Å². The number of nitrogens with zero attached hydrogens (tertiary/aromatic N) is 4. The van der Waals surface area contributed by atoms with E-state index < -0.39 is 35.8 Å². The van der Waals surface area contributed by atoms with Gasteiger partial charge in [-0.15, -0.1) is 13.2 Å². The molecule has 0 saturated carbocycles. The Morgan fingerprint density at radius 2 is 1.58 bits per heavy atom. The van der Waals surface area contributed by atoms with E-state index in [0.717, 1.165) is 0 Å². The van der Waals surface area contributed by atoms with Gasteiger partial charge in [0.2, 0.25) is 11.8 Å². The summed E-state index contributed by atoms with van der Waals surface area (Å²) >= 11 is 0. The van der Waals surface area contributed by atoms with E-state index in [1.54, 1.807) is 49.9 Å². The highest BCUT2D eigenvalue weighted by atomic mass is 19.4. The smallest absolute Gasteiger partial charge is 0.405 e. The van der Waals surface area contributed by atoms with Crippen LogP contribution < -0.4 is 20.9 Å². The Morgan fingerprint density at radius 1 is 0.909 bits per heavy atom. The van der Waals surface area contributed by atoms with Gasteiger partial charge in [-0.1, -0.05) is 12.1 Å². The third-order valence-corrected chi connectivity index (χ3v) is 11.1. The highest BCUT2D eigenvalue weighted by Gasteiger charge is 2.36. The highest BCUT2D eigenvalue weighted by Crippen LogP contribution is 2.35. The average molecular weight is 769 g/mol. The van der Waals surface area contributed by atoms with Crippen LogP contribution in [0.1, 0.15) is 71.5 Å². The Hall–Kier alpha value is -5.41. The highest BCUT2D eigenvalue weighted by molar-refractivity contribution is 6.01. The average Bonchev–Trinajstić information content (AvgIpc) is 3.15. The van der Waals surface area contributed by atoms with E-state index in [4.69, 9.17) is 0 Å². The molecule has 294 valence electrons. The topological polar surface area (TPSA) is 133 Å². The number of carbonyl (C=O) groups is 4. The standard InChI is InChI=1S/C39H44F4N6O6/c1-22-23(2)36(52)46(3)21-30(22)25-5-7-29(33(19-25)55-39(41,42)43)37(53)48-17-13-27(14-18-48)47(4)38(54)49-15-11-24(12-16-49)28-8-6-26(20-31(28)40)44-32-9-10-34(50)45-35(32)51/h5-8,19-21,24,27,32,44H,9-18H2,1-4H3,(H,45,50,51). The molecule has 0 spiro atoms. The molecule has 1 atom stereocenters. The van der Waals surface area contributed by atoms with Crippen molar-refractivity contribution in [3.8, 4) is 16.9 Å². The minimum absolute atomic E-state index is 0.108. The number of rotatable bonds is 7. The number of amides is 5. The van der Waals surface area contributed by atoms with E-state index in [1.165, 1.54) is 39.9 Å². The molecule has 1 unspecified atom stereocenters. The zero-order valence-corrected chi connectivity index (χ0v) is 31.1. The van der Waals surface area contributed by atoms with Crippen molar-refractivity contribution in [3.05, 3.63) is 81.0 Å². The molecule has 1 aromatic heterocycles. The van der Waals surface area contributed by atoms with E-state index in [2.05, 4.69) is 15.4 Å². The number of aromatic nitrogens is 1. The molecule has 0 radical (unpaired) electrons. The number of ether oxygens (including phenoxy) is 1. The number of carbonyl (C=O) groups excluding carboxylic acids is 4. The largest absolute Gasteiger partial charge is 0.573 e. The minimum atomic E-state index is -5.05. The second-order valence-corrected chi connectivity index (χ2v) is 14.5. The molecule has 0 bridgehead atoms. The van der Waals surface area contributed by atoms with Gasteiger partial charge in [-0.05, 0) is 92.8 Å². The fourth-order valence-electron chi connectivity index (χ4n) is 7.71. The molecule has 6 rings (SSSR count). The molecule has 3 aliphatic heterocycles. The first kappa shape index (κ1) is 39.3. The van der Waals surface area contributed by atoms with Crippen molar-refractivity contribution >= 4 is 29.4 Å². The molecule has 55 heavy (non-hydrogen) atoms. The van der Waals surface area contributed by atoms with Crippen LogP contribution in [0.4, 0.5) is 28.0 Å². The number of halogens is 4. The predicted octanol–water partition coefficient (Wildman–Crippen LogP) is 5.46. The molecule has 16 heteroatoms. The van der Waals surface area contributed by atoms with Crippen LogP contribution in [0.5, 0.6) is 5.75 Å². The van der Waals surface area contributed by atoms with Gasteiger partial charge in [-0.3, -0.25) is 24.5 Å². The van der Waals surface area contributed by atoms with Gasteiger partial charge in [-0.2, -0.15) is 0 Å². The van der Waals surface area contributed by atoms with Crippen molar-refractivity contribution < 1.29 is 41.5 Å². The van der Waals surface area contributed by atoms with E-state index >= 15 is 4.39 Å².